The summed E-state index contributed by atoms with van der Waals surface area (Å²) in [5, 5.41) is 83.4. The topological polar surface area (TPSA) is 237 Å². The molecule has 40 heavy (non-hydrogen) atoms. The van der Waals surface area contributed by atoms with Crippen molar-refractivity contribution in [2.45, 2.75) is 90.7 Å². The lowest BCUT2D eigenvalue weighted by atomic mass is 9.97. The fraction of sp³-hybridized carbons (Fsp3) is 0.864. The van der Waals surface area contributed by atoms with E-state index in [1.165, 1.54) is 6.08 Å². The van der Waals surface area contributed by atoms with Crippen LogP contribution < -0.4 is 5.32 Å². The van der Waals surface area contributed by atoms with Crippen LogP contribution in [0, 0.1) is 0 Å². The van der Waals surface area contributed by atoms with Crippen LogP contribution in [0.4, 0.5) is 4.79 Å². The van der Waals surface area contributed by atoms with E-state index in [2.05, 4.69) is 5.32 Å². The number of aliphatic hydroxyl groups excluding tert-OH is 8. The highest BCUT2D eigenvalue weighted by atomic mass is 35.6. The largest absolute Gasteiger partial charge is 0.445 e. The van der Waals surface area contributed by atoms with Gasteiger partial charge in [0.25, 0.3) is 0 Å². The van der Waals surface area contributed by atoms with E-state index in [0.29, 0.717) is 6.42 Å². The first-order valence-corrected chi connectivity index (χ1v) is 13.4. The molecular weight excluding hydrogens is 609 g/mol. The Hall–Kier alpha value is -0.600. The van der Waals surface area contributed by atoms with Gasteiger partial charge < -0.3 is 69.9 Å². The number of amides is 1. The lowest BCUT2D eigenvalue weighted by Crippen LogP contribution is -2.65. The Morgan fingerprint density at radius 3 is 2.12 bits per heavy atom. The molecule has 2 aliphatic heterocycles. The number of halogens is 3. The summed E-state index contributed by atoms with van der Waals surface area (Å²) in [5.41, 5.74) is 0. The minimum atomic E-state index is -1.88. The van der Waals surface area contributed by atoms with Crippen LogP contribution in [0.1, 0.15) is 13.3 Å². The molecule has 1 amide bonds. The monoisotopic (exact) mass is 643 g/mol. The predicted octanol–water partition coefficient (Wildman–Crippen LogP) is -2.58. The molecular formula is C22H36Cl3NO14. The van der Waals surface area contributed by atoms with E-state index in [0.717, 1.165) is 0 Å². The smallest absolute Gasteiger partial charge is 0.407 e. The maximum absolute atomic E-state index is 12.1. The van der Waals surface area contributed by atoms with E-state index < -0.39 is 110 Å². The van der Waals surface area contributed by atoms with Crippen molar-refractivity contribution < 1.29 is 69.3 Å². The van der Waals surface area contributed by atoms with Gasteiger partial charge in [0.1, 0.15) is 55.4 Å². The molecule has 2 heterocycles. The second kappa shape index (κ2) is 16.3. The van der Waals surface area contributed by atoms with Crippen LogP contribution in [-0.4, -0.2) is 151 Å². The number of hydrogen-bond acceptors (Lipinski definition) is 14. The Balaban J connectivity index is 2.08. The number of carbonyl (C=O) groups excluding carboxylic acids is 1. The van der Waals surface area contributed by atoms with Gasteiger partial charge in [0.2, 0.25) is 3.79 Å². The zero-order valence-corrected chi connectivity index (χ0v) is 23.5. The minimum Gasteiger partial charge on any atom is -0.445 e. The molecule has 9 N–H and O–H groups in total. The highest BCUT2D eigenvalue weighted by molar-refractivity contribution is 6.67. The summed E-state index contributed by atoms with van der Waals surface area (Å²) >= 11 is 16.7. The number of allylic oxidation sites excluding steroid dienone is 1. The summed E-state index contributed by atoms with van der Waals surface area (Å²) in [6.45, 7) is -0.796. The van der Waals surface area contributed by atoms with Crippen LogP contribution in [0.25, 0.3) is 0 Å². The molecule has 0 aromatic heterocycles. The van der Waals surface area contributed by atoms with Crippen molar-refractivity contribution in [2.75, 3.05) is 26.4 Å². The van der Waals surface area contributed by atoms with E-state index in [4.69, 9.17) is 58.5 Å². The van der Waals surface area contributed by atoms with Crippen molar-refractivity contribution in [1.82, 2.24) is 5.32 Å². The van der Waals surface area contributed by atoms with Gasteiger partial charge in [-0.2, -0.15) is 0 Å². The second-order valence-electron chi connectivity index (χ2n) is 9.11. The molecule has 0 aromatic carbocycles. The zero-order valence-electron chi connectivity index (χ0n) is 21.3. The summed E-state index contributed by atoms with van der Waals surface area (Å²) in [6, 6.07) is -1.17. The van der Waals surface area contributed by atoms with E-state index in [1.807, 2.05) is 6.92 Å². The quantitative estimate of drug-likeness (QED) is 0.0784. The normalized spacial score (nSPS) is 36.8. The molecule has 2 rings (SSSR count). The Bertz CT molecular complexity index is 803. The lowest BCUT2D eigenvalue weighted by Gasteiger charge is -2.46. The first-order chi connectivity index (χ1) is 18.7. The molecule has 18 heteroatoms. The summed E-state index contributed by atoms with van der Waals surface area (Å²) in [7, 11) is 0. The lowest BCUT2D eigenvalue weighted by molar-refractivity contribution is -0.359. The highest BCUT2D eigenvalue weighted by Crippen LogP contribution is 2.30. The number of carbonyl (C=O) groups is 1. The first kappa shape index (κ1) is 35.6. The van der Waals surface area contributed by atoms with Gasteiger partial charge in [-0.15, -0.1) is 0 Å². The maximum Gasteiger partial charge on any atom is 0.407 e. The Kier molecular flexibility index (Phi) is 14.5. The van der Waals surface area contributed by atoms with Gasteiger partial charge in [0.05, 0.1) is 32.0 Å². The molecule has 0 radical (unpaired) electrons. The summed E-state index contributed by atoms with van der Waals surface area (Å²) in [6.07, 6.45) is -15.2. The number of nitrogens with one attached hydrogen (secondary N) is 1. The van der Waals surface area contributed by atoms with Crippen molar-refractivity contribution in [2.24, 2.45) is 0 Å². The average molecular weight is 645 g/mol. The minimum absolute atomic E-state index is 0.497. The van der Waals surface area contributed by atoms with Crippen molar-refractivity contribution in [3.8, 4) is 0 Å². The van der Waals surface area contributed by atoms with E-state index in [9.17, 15) is 45.6 Å². The van der Waals surface area contributed by atoms with Crippen LogP contribution >= 0.6 is 34.8 Å². The average Bonchev–Trinajstić information content (AvgIpc) is 2.91. The highest BCUT2D eigenvalue weighted by Gasteiger charge is 2.50. The fourth-order valence-electron chi connectivity index (χ4n) is 3.87. The maximum atomic E-state index is 12.1. The summed E-state index contributed by atoms with van der Waals surface area (Å²) in [5.74, 6) is 0. The molecule has 2 aliphatic rings. The number of alkyl halides is 3. The van der Waals surface area contributed by atoms with Crippen LogP contribution in [0.3, 0.4) is 0 Å². The van der Waals surface area contributed by atoms with E-state index in [1.54, 1.807) is 6.08 Å². The molecule has 4 unspecified atom stereocenters. The Labute approximate surface area is 244 Å². The molecule has 2 saturated heterocycles. The van der Waals surface area contributed by atoms with Gasteiger partial charge in [-0.05, 0) is 6.42 Å². The zero-order chi connectivity index (χ0) is 30.2. The third-order valence-corrected chi connectivity index (χ3v) is 6.38. The van der Waals surface area contributed by atoms with Crippen molar-refractivity contribution in [3.63, 3.8) is 0 Å². The molecule has 0 saturated carbocycles. The fourth-order valence-corrected chi connectivity index (χ4v) is 4.03. The van der Waals surface area contributed by atoms with Gasteiger partial charge in [0.15, 0.2) is 12.6 Å². The molecule has 0 aromatic rings. The molecule has 0 spiro atoms. The van der Waals surface area contributed by atoms with Gasteiger partial charge in [-0.1, -0.05) is 53.9 Å². The number of rotatable bonds is 12. The van der Waals surface area contributed by atoms with Crippen LogP contribution in [0.5, 0.6) is 0 Å². The molecule has 0 aliphatic carbocycles. The molecule has 0 bridgehead atoms. The van der Waals surface area contributed by atoms with E-state index in [-0.39, 0.29) is 0 Å². The van der Waals surface area contributed by atoms with Gasteiger partial charge >= 0.3 is 6.09 Å². The summed E-state index contributed by atoms with van der Waals surface area (Å²) < 4.78 is 24.7. The van der Waals surface area contributed by atoms with Gasteiger partial charge in [-0.3, -0.25) is 0 Å². The molecule has 234 valence electrons. The van der Waals surface area contributed by atoms with Gasteiger partial charge in [-0.25, -0.2) is 4.79 Å². The number of alkyl carbamates (subject to hydrolysis) is 1. The van der Waals surface area contributed by atoms with Gasteiger partial charge in [0, 0.05) is 0 Å². The molecule has 15 nitrogen and oxygen atoms in total. The number of hydrogen-bond donors (Lipinski definition) is 9. The summed E-state index contributed by atoms with van der Waals surface area (Å²) in [4.78, 5) is 12.1. The third-order valence-electron chi connectivity index (χ3n) is 6.05. The van der Waals surface area contributed by atoms with Crippen LogP contribution in [-0.2, 0) is 23.7 Å². The van der Waals surface area contributed by atoms with Crippen molar-refractivity contribution >= 4 is 40.9 Å². The molecule has 2 fully saturated rings. The number of ether oxygens (including phenoxy) is 5. The van der Waals surface area contributed by atoms with Crippen molar-refractivity contribution in [1.29, 1.82) is 0 Å². The SMILES string of the molecule is CC/C=C/[C@@H](O)[C@H](COC1OC(CO)[C@@H](OC2OC(CO)[C@H](O)[C@H](O)[C@@H]2O)[C@H](O)[C@@H]1O)NC(=O)OCC(Cl)(Cl)Cl. The Morgan fingerprint density at radius 1 is 0.950 bits per heavy atom. The standard InChI is InChI=1S/C22H36Cl3NO14/c1-2-3-4-10(29)9(26-21(35)37-8-22(23,24)25)7-36-19-17(34)15(32)18(12(6-28)39-19)40-20-16(33)14(31)13(30)11(5-27)38-20/h3-4,9-20,27-34H,2,5-8H2,1H3,(H,26,35)/b4-3+/t9-,10+,11?,12?,13-,14-,15+,16-,17-,18+,19?,20?/m0/s1. The first-order valence-electron chi connectivity index (χ1n) is 12.3. The second-order valence-corrected chi connectivity index (χ2v) is 11.6. The third kappa shape index (κ3) is 10.00. The van der Waals surface area contributed by atoms with Crippen molar-refractivity contribution in [3.05, 3.63) is 12.2 Å². The predicted molar refractivity (Wildman–Crippen MR) is 136 cm³/mol. The Morgan fingerprint density at radius 2 is 1.55 bits per heavy atom. The van der Waals surface area contributed by atoms with Crippen LogP contribution in [0.2, 0.25) is 0 Å². The molecule has 12 atom stereocenters. The number of aliphatic hydroxyl groups is 8. The van der Waals surface area contributed by atoms with Crippen LogP contribution in [0.15, 0.2) is 12.2 Å². The van der Waals surface area contributed by atoms with E-state index >= 15 is 0 Å².